The van der Waals surface area contributed by atoms with Gasteiger partial charge in [-0.15, -0.1) is 0 Å². The van der Waals surface area contributed by atoms with Gasteiger partial charge in [-0.05, 0) is 29.0 Å². The van der Waals surface area contributed by atoms with Crippen molar-refractivity contribution < 1.29 is 13.2 Å². The summed E-state index contributed by atoms with van der Waals surface area (Å²) in [5.41, 5.74) is 2.85. The lowest BCUT2D eigenvalue weighted by molar-refractivity contribution is 0.103. The molecule has 3 aromatic rings. The molecule has 5 heteroatoms. The third-order valence-corrected chi connectivity index (χ3v) is 5.58. The average molecular weight is 343 g/mol. The summed E-state index contributed by atoms with van der Waals surface area (Å²) < 4.78 is 23.9. The number of carbonyl (C=O) groups is 1. The number of rotatable bonds is 1. The standard InChI is InChI=1S/C18H11ClO3S/c19-23(21,22)16-10-12-9-11-5-1-2-6-13(11)18(20)17(12)15-8-4-3-7-14(15)16/h1-8,10H,9H2. The van der Waals surface area contributed by atoms with E-state index in [-0.39, 0.29) is 10.7 Å². The molecule has 0 radical (unpaired) electrons. The van der Waals surface area contributed by atoms with Crippen LogP contribution in [0.1, 0.15) is 27.0 Å². The summed E-state index contributed by atoms with van der Waals surface area (Å²) in [5.74, 6) is -0.0726. The summed E-state index contributed by atoms with van der Waals surface area (Å²) in [6.45, 7) is 0. The van der Waals surface area contributed by atoms with Gasteiger partial charge in [-0.25, -0.2) is 8.42 Å². The minimum absolute atomic E-state index is 0.0562. The molecule has 0 aliphatic heterocycles. The van der Waals surface area contributed by atoms with Crippen molar-refractivity contribution in [2.75, 3.05) is 0 Å². The number of fused-ring (bicyclic) bond motifs is 4. The molecule has 3 aromatic carbocycles. The molecular weight excluding hydrogens is 332 g/mol. The summed E-state index contributed by atoms with van der Waals surface area (Å²) in [6.07, 6.45) is 0.515. The number of benzene rings is 3. The Morgan fingerprint density at radius 1 is 0.870 bits per heavy atom. The molecule has 0 N–H and O–H groups in total. The van der Waals surface area contributed by atoms with Gasteiger partial charge in [-0.1, -0.05) is 48.5 Å². The Morgan fingerprint density at radius 2 is 1.52 bits per heavy atom. The van der Waals surface area contributed by atoms with Crippen LogP contribution in [0.5, 0.6) is 0 Å². The molecule has 0 unspecified atom stereocenters. The molecule has 1 aliphatic carbocycles. The lowest BCUT2D eigenvalue weighted by atomic mass is 9.82. The molecule has 3 nitrogen and oxygen atoms in total. The second-order valence-electron chi connectivity index (χ2n) is 5.56. The summed E-state index contributed by atoms with van der Waals surface area (Å²) in [7, 11) is 1.71. The van der Waals surface area contributed by atoms with Crippen LogP contribution >= 0.6 is 10.7 Å². The lowest BCUT2D eigenvalue weighted by Gasteiger charge is -2.21. The topological polar surface area (TPSA) is 51.2 Å². The van der Waals surface area contributed by atoms with Crippen molar-refractivity contribution in [2.45, 2.75) is 11.3 Å². The zero-order valence-corrected chi connectivity index (χ0v) is 13.5. The monoisotopic (exact) mass is 342 g/mol. The maximum atomic E-state index is 12.9. The second-order valence-corrected chi connectivity index (χ2v) is 8.09. The first-order chi connectivity index (χ1) is 11.0. The van der Waals surface area contributed by atoms with Crippen molar-refractivity contribution in [1.29, 1.82) is 0 Å². The van der Waals surface area contributed by atoms with Crippen LogP contribution < -0.4 is 0 Å². The molecule has 0 aromatic heterocycles. The Morgan fingerprint density at radius 3 is 2.26 bits per heavy atom. The first kappa shape index (κ1) is 14.4. The minimum atomic E-state index is -3.90. The van der Waals surface area contributed by atoms with Crippen molar-refractivity contribution in [1.82, 2.24) is 0 Å². The zero-order valence-electron chi connectivity index (χ0n) is 11.9. The maximum Gasteiger partial charge on any atom is 0.261 e. The predicted molar refractivity (Wildman–Crippen MR) is 89.7 cm³/mol. The molecule has 0 atom stereocenters. The van der Waals surface area contributed by atoms with Gasteiger partial charge in [0.15, 0.2) is 5.78 Å². The maximum absolute atomic E-state index is 12.9. The Bertz CT molecular complexity index is 1080. The third-order valence-electron chi connectivity index (χ3n) is 4.22. The van der Waals surface area contributed by atoms with E-state index in [9.17, 15) is 13.2 Å². The van der Waals surface area contributed by atoms with Crippen molar-refractivity contribution in [3.05, 3.63) is 76.9 Å². The fourth-order valence-corrected chi connectivity index (χ4v) is 4.35. The molecule has 0 fully saturated rings. The molecule has 114 valence electrons. The van der Waals surface area contributed by atoms with E-state index in [0.717, 1.165) is 5.56 Å². The molecular formula is C18H11ClO3S. The molecule has 0 bridgehead atoms. The van der Waals surface area contributed by atoms with Crippen LogP contribution in [0.25, 0.3) is 10.8 Å². The van der Waals surface area contributed by atoms with Gasteiger partial charge in [0, 0.05) is 27.2 Å². The highest BCUT2D eigenvalue weighted by Crippen LogP contribution is 2.36. The van der Waals surface area contributed by atoms with Crippen molar-refractivity contribution >= 4 is 36.3 Å². The number of halogens is 1. The van der Waals surface area contributed by atoms with Crippen molar-refractivity contribution in [3.8, 4) is 0 Å². The Labute approximate surface area is 137 Å². The van der Waals surface area contributed by atoms with E-state index in [4.69, 9.17) is 10.7 Å². The largest absolute Gasteiger partial charge is 0.289 e. The van der Waals surface area contributed by atoms with Crippen LogP contribution in [0.15, 0.2) is 59.5 Å². The van der Waals surface area contributed by atoms with Gasteiger partial charge in [0.2, 0.25) is 0 Å². The average Bonchev–Trinajstić information content (AvgIpc) is 2.53. The second kappa shape index (κ2) is 4.91. The van der Waals surface area contributed by atoms with Crippen LogP contribution in [-0.2, 0) is 15.5 Å². The molecule has 4 rings (SSSR count). The van der Waals surface area contributed by atoms with E-state index < -0.39 is 9.05 Å². The number of hydrogen-bond acceptors (Lipinski definition) is 3. The summed E-state index contributed by atoms with van der Waals surface area (Å²) in [5, 5.41) is 1.11. The summed E-state index contributed by atoms with van der Waals surface area (Å²) >= 11 is 0. The summed E-state index contributed by atoms with van der Waals surface area (Å²) in [4.78, 5) is 13.0. The van der Waals surface area contributed by atoms with E-state index in [1.54, 1.807) is 24.3 Å². The normalized spacial score (nSPS) is 13.7. The predicted octanol–water partition coefficient (Wildman–Crippen LogP) is 3.90. The highest BCUT2D eigenvalue weighted by atomic mass is 35.7. The molecule has 0 amide bonds. The molecule has 23 heavy (non-hydrogen) atoms. The molecule has 0 heterocycles. The van der Waals surface area contributed by atoms with Crippen LogP contribution in [0.4, 0.5) is 0 Å². The fourth-order valence-electron chi connectivity index (χ4n) is 3.24. The van der Waals surface area contributed by atoms with Gasteiger partial charge in [-0.3, -0.25) is 4.79 Å². The van der Waals surface area contributed by atoms with Gasteiger partial charge >= 0.3 is 0 Å². The fraction of sp³-hybridized carbons (Fsp3) is 0.0556. The molecule has 0 saturated heterocycles. The third kappa shape index (κ3) is 2.18. The highest BCUT2D eigenvalue weighted by molar-refractivity contribution is 8.14. The van der Waals surface area contributed by atoms with Gasteiger partial charge in [0.05, 0.1) is 4.90 Å². The molecule has 0 saturated carbocycles. The highest BCUT2D eigenvalue weighted by Gasteiger charge is 2.28. The van der Waals surface area contributed by atoms with E-state index in [1.807, 2.05) is 24.3 Å². The van der Waals surface area contributed by atoms with Crippen LogP contribution in [0.3, 0.4) is 0 Å². The number of hydrogen-bond donors (Lipinski definition) is 0. The van der Waals surface area contributed by atoms with Crippen molar-refractivity contribution in [3.63, 3.8) is 0 Å². The zero-order chi connectivity index (χ0) is 16.2. The Balaban J connectivity index is 2.13. The lowest BCUT2D eigenvalue weighted by Crippen LogP contribution is -2.16. The van der Waals surface area contributed by atoms with E-state index >= 15 is 0 Å². The van der Waals surface area contributed by atoms with Gasteiger partial charge in [0.25, 0.3) is 9.05 Å². The van der Waals surface area contributed by atoms with Gasteiger partial charge in [-0.2, -0.15) is 0 Å². The van der Waals surface area contributed by atoms with E-state index in [1.165, 1.54) is 6.07 Å². The van der Waals surface area contributed by atoms with E-state index in [0.29, 0.717) is 33.9 Å². The molecule has 1 aliphatic rings. The van der Waals surface area contributed by atoms with Crippen LogP contribution in [-0.4, -0.2) is 14.2 Å². The first-order valence-electron chi connectivity index (χ1n) is 7.09. The minimum Gasteiger partial charge on any atom is -0.289 e. The van der Waals surface area contributed by atoms with E-state index in [2.05, 4.69) is 0 Å². The Hall–Kier alpha value is -2.17. The van der Waals surface area contributed by atoms with Crippen molar-refractivity contribution in [2.24, 2.45) is 0 Å². The number of carbonyl (C=O) groups excluding carboxylic acids is 1. The quantitative estimate of drug-likeness (QED) is 0.493. The SMILES string of the molecule is O=C1c2ccccc2Cc2cc(S(=O)(=O)Cl)c3ccccc3c21. The van der Waals surface area contributed by atoms with Gasteiger partial charge in [0.1, 0.15) is 0 Å². The summed E-state index contributed by atoms with van der Waals surface area (Å²) in [6, 6.07) is 15.9. The Kier molecular flexibility index (Phi) is 3.08. The molecule has 0 spiro atoms. The smallest absolute Gasteiger partial charge is 0.261 e. The number of ketones is 1. The van der Waals surface area contributed by atoms with Crippen LogP contribution in [0.2, 0.25) is 0 Å². The van der Waals surface area contributed by atoms with Gasteiger partial charge < -0.3 is 0 Å². The van der Waals surface area contributed by atoms with Crippen LogP contribution in [0, 0.1) is 0 Å². The first-order valence-corrected chi connectivity index (χ1v) is 9.39.